The van der Waals surface area contributed by atoms with Gasteiger partial charge in [0.25, 0.3) is 5.91 Å². The fourth-order valence-electron chi connectivity index (χ4n) is 6.09. The first-order chi connectivity index (χ1) is 21.7. The normalized spacial score (nSPS) is 25.1. The highest BCUT2D eigenvalue weighted by atomic mass is 32.2. The molecule has 0 bridgehead atoms. The molecule has 5 rings (SSSR count). The topological polar surface area (TPSA) is 136 Å². The molecule has 3 N–H and O–H groups in total. The van der Waals surface area contributed by atoms with E-state index in [4.69, 9.17) is 18.9 Å². The van der Waals surface area contributed by atoms with Gasteiger partial charge in [0, 0.05) is 23.8 Å². The third-order valence-electron chi connectivity index (χ3n) is 8.49. The number of fused-ring (bicyclic) bond motifs is 1. The second kappa shape index (κ2) is 14.8. The van der Waals surface area contributed by atoms with E-state index in [-0.39, 0.29) is 30.7 Å². The smallest absolute Gasteiger partial charge is 0.407 e. The van der Waals surface area contributed by atoms with Crippen LogP contribution in [0.4, 0.5) is 4.79 Å². The first-order valence-electron chi connectivity index (χ1n) is 15.5. The van der Waals surface area contributed by atoms with E-state index in [0.29, 0.717) is 25.5 Å². The zero-order chi connectivity index (χ0) is 32.0. The molecule has 3 amide bonds. The molecule has 2 aromatic rings. The zero-order valence-electron chi connectivity index (χ0n) is 26.0. The van der Waals surface area contributed by atoms with Crippen LogP contribution in [0.5, 0.6) is 5.75 Å². The number of rotatable bonds is 11. The maximum Gasteiger partial charge on any atom is 0.407 e. The van der Waals surface area contributed by atoms with Crippen molar-refractivity contribution in [3.05, 3.63) is 65.7 Å². The average Bonchev–Trinajstić information content (AvgIpc) is 3.59. The Morgan fingerprint density at radius 2 is 1.84 bits per heavy atom. The van der Waals surface area contributed by atoms with Gasteiger partial charge in [-0.15, -0.1) is 11.8 Å². The summed E-state index contributed by atoms with van der Waals surface area (Å²) in [5.74, 6) is -0.119. The number of aliphatic hydroxyl groups excluding tert-OH is 1. The van der Waals surface area contributed by atoms with Gasteiger partial charge in [0.2, 0.25) is 5.91 Å². The van der Waals surface area contributed by atoms with Crippen LogP contribution in [0.1, 0.15) is 44.7 Å². The van der Waals surface area contributed by atoms with E-state index < -0.39 is 47.3 Å². The molecular weight excluding hydrogens is 598 g/mol. The van der Waals surface area contributed by atoms with Crippen LogP contribution in [-0.4, -0.2) is 88.9 Å². The van der Waals surface area contributed by atoms with Gasteiger partial charge in [0.1, 0.15) is 17.9 Å². The van der Waals surface area contributed by atoms with Crippen LogP contribution in [-0.2, 0) is 36.8 Å². The Hall–Kier alpha value is -3.32. The largest absolute Gasteiger partial charge is 0.494 e. The molecule has 0 aliphatic carbocycles. The number of amides is 3. The number of hydrogen-bond donors (Lipinski definition) is 3. The Morgan fingerprint density at radius 1 is 1.09 bits per heavy atom. The van der Waals surface area contributed by atoms with E-state index in [9.17, 15) is 19.5 Å². The standard InChI is InChI=1S/C33H43N3O8S/c1-4-41-23-14-12-21(13-15-23)17-25(35-32(40)44-26-19-43-31-24(26)11-8-16-42-31)27(37)30(39)36-20-45-33(2,3)28(36)29(38)34-18-22-9-6-5-7-10-22/h5-7,9-10,12-15,24-28,31,37H,4,8,11,16-20H2,1-3H3,(H,34,38)(H,35,40)/t24-,25+,26-,27+,28-,31+/m1/s1. The second-order valence-corrected chi connectivity index (χ2v) is 13.7. The minimum atomic E-state index is -1.64. The summed E-state index contributed by atoms with van der Waals surface area (Å²) in [4.78, 5) is 42.0. The van der Waals surface area contributed by atoms with Crippen LogP contribution in [0.25, 0.3) is 0 Å². The van der Waals surface area contributed by atoms with Crippen molar-refractivity contribution in [3.63, 3.8) is 0 Å². The Labute approximate surface area is 268 Å². The monoisotopic (exact) mass is 641 g/mol. The molecule has 0 saturated carbocycles. The molecule has 2 aromatic carbocycles. The summed E-state index contributed by atoms with van der Waals surface area (Å²) in [5.41, 5.74) is 1.71. The third kappa shape index (κ3) is 8.10. The van der Waals surface area contributed by atoms with Crippen LogP contribution in [0.15, 0.2) is 54.6 Å². The highest BCUT2D eigenvalue weighted by molar-refractivity contribution is 8.00. The van der Waals surface area contributed by atoms with Gasteiger partial charge in [-0.05, 0) is 63.3 Å². The van der Waals surface area contributed by atoms with Gasteiger partial charge >= 0.3 is 6.09 Å². The number of carbonyl (C=O) groups is 3. The summed E-state index contributed by atoms with van der Waals surface area (Å²) >= 11 is 1.46. The summed E-state index contributed by atoms with van der Waals surface area (Å²) in [7, 11) is 0. The summed E-state index contributed by atoms with van der Waals surface area (Å²) < 4.78 is 22.0. The maximum absolute atomic E-state index is 13.9. The minimum absolute atomic E-state index is 0.0698. The molecule has 0 radical (unpaired) electrons. The fraction of sp³-hybridized carbons (Fsp3) is 0.545. The number of alkyl carbamates (subject to hydrolysis) is 1. The summed E-state index contributed by atoms with van der Waals surface area (Å²) in [6.45, 7) is 7.36. The van der Waals surface area contributed by atoms with Gasteiger partial charge in [-0.25, -0.2) is 4.79 Å². The fourth-order valence-corrected chi connectivity index (χ4v) is 7.23. The van der Waals surface area contributed by atoms with Crippen molar-refractivity contribution >= 4 is 29.7 Å². The van der Waals surface area contributed by atoms with E-state index in [1.165, 1.54) is 16.7 Å². The predicted molar refractivity (Wildman–Crippen MR) is 168 cm³/mol. The Bertz CT molecular complexity index is 1310. The van der Waals surface area contributed by atoms with Gasteiger partial charge in [0.05, 0.1) is 25.1 Å². The number of thioether (sulfide) groups is 1. The molecule has 3 saturated heterocycles. The SMILES string of the molecule is CCOc1ccc(C[C@H](NC(=O)O[C@@H]2CO[C@@H]3OCCC[C@@H]32)[C@H](O)C(=O)N2CSC(C)(C)[C@H]2C(=O)NCc2ccccc2)cc1. The molecular formula is C33H43N3O8S. The van der Waals surface area contributed by atoms with Crippen molar-refractivity contribution in [1.29, 1.82) is 0 Å². The number of nitrogens with one attached hydrogen (secondary N) is 2. The van der Waals surface area contributed by atoms with Crippen LogP contribution in [0.3, 0.4) is 0 Å². The third-order valence-corrected chi connectivity index (χ3v) is 9.86. The van der Waals surface area contributed by atoms with Crippen molar-refractivity contribution in [2.45, 2.75) is 81.9 Å². The van der Waals surface area contributed by atoms with E-state index in [0.717, 1.165) is 24.0 Å². The van der Waals surface area contributed by atoms with Crippen LogP contribution in [0, 0.1) is 5.92 Å². The quantitative estimate of drug-likeness (QED) is 0.338. The van der Waals surface area contributed by atoms with Gasteiger partial charge in [0.15, 0.2) is 12.4 Å². The van der Waals surface area contributed by atoms with E-state index >= 15 is 0 Å². The molecule has 6 atom stereocenters. The molecule has 3 aliphatic heterocycles. The van der Waals surface area contributed by atoms with Crippen LogP contribution in [0.2, 0.25) is 0 Å². The summed E-state index contributed by atoms with van der Waals surface area (Å²) in [6.07, 6.45) is -1.49. The van der Waals surface area contributed by atoms with Crippen LogP contribution >= 0.6 is 11.8 Å². The lowest BCUT2D eigenvalue weighted by atomic mass is 9.96. The zero-order valence-corrected chi connectivity index (χ0v) is 26.8. The number of carbonyl (C=O) groups excluding carboxylic acids is 3. The highest BCUT2D eigenvalue weighted by Gasteiger charge is 2.50. The summed E-state index contributed by atoms with van der Waals surface area (Å²) in [6, 6.07) is 14.9. The molecule has 3 heterocycles. The maximum atomic E-state index is 13.9. The van der Waals surface area contributed by atoms with Crippen LogP contribution < -0.4 is 15.4 Å². The molecule has 11 nitrogen and oxygen atoms in total. The predicted octanol–water partition coefficient (Wildman–Crippen LogP) is 3.23. The number of benzene rings is 2. The van der Waals surface area contributed by atoms with Crippen molar-refractivity contribution < 1.29 is 38.4 Å². The molecule has 0 unspecified atom stereocenters. The Balaban J connectivity index is 1.30. The lowest BCUT2D eigenvalue weighted by molar-refractivity contribution is -0.152. The van der Waals surface area contributed by atoms with Gasteiger partial charge < -0.3 is 39.6 Å². The number of hydrogen-bond acceptors (Lipinski definition) is 9. The van der Waals surface area contributed by atoms with Crippen molar-refractivity contribution in [2.75, 3.05) is 25.7 Å². The molecule has 12 heteroatoms. The molecule has 3 fully saturated rings. The Morgan fingerprint density at radius 3 is 2.58 bits per heavy atom. The molecule has 0 aromatic heterocycles. The van der Waals surface area contributed by atoms with E-state index in [2.05, 4.69) is 10.6 Å². The van der Waals surface area contributed by atoms with Crippen molar-refractivity contribution in [1.82, 2.24) is 15.5 Å². The molecule has 45 heavy (non-hydrogen) atoms. The molecule has 0 spiro atoms. The van der Waals surface area contributed by atoms with Gasteiger partial charge in [-0.1, -0.05) is 42.5 Å². The lowest BCUT2D eigenvalue weighted by Gasteiger charge is -2.33. The first kappa shape index (κ1) is 33.1. The van der Waals surface area contributed by atoms with E-state index in [1.54, 1.807) is 12.1 Å². The van der Waals surface area contributed by atoms with Crippen molar-refractivity contribution in [3.8, 4) is 5.75 Å². The number of aliphatic hydroxyl groups is 1. The first-order valence-corrected chi connectivity index (χ1v) is 16.5. The van der Waals surface area contributed by atoms with Crippen molar-refractivity contribution in [2.24, 2.45) is 5.92 Å². The summed E-state index contributed by atoms with van der Waals surface area (Å²) in [5, 5.41) is 17.2. The lowest BCUT2D eigenvalue weighted by Crippen LogP contribution is -2.58. The van der Waals surface area contributed by atoms with E-state index in [1.807, 2.05) is 63.2 Å². The van der Waals surface area contributed by atoms with Gasteiger partial charge in [-0.2, -0.15) is 0 Å². The Kier molecular flexibility index (Phi) is 10.9. The number of nitrogens with zero attached hydrogens (tertiary/aromatic N) is 1. The second-order valence-electron chi connectivity index (χ2n) is 12.1. The molecule has 3 aliphatic rings. The van der Waals surface area contributed by atoms with Gasteiger partial charge in [-0.3, -0.25) is 9.59 Å². The minimum Gasteiger partial charge on any atom is -0.494 e. The highest BCUT2D eigenvalue weighted by Crippen LogP contribution is 2.40. The molecule has 244 valence electrons. The average molecular weight is 642 g/mol. The number of ether oxygens (including phenoxy) is 4.